The summed E-state index contributed by atoms with van der Waals surface area (Å²) in [5, 5.41) is 0. The number of rotatable bonds is 5. The van der Waals surface area contributed by atoms with Crippen LogP contribution in [0.25, 0.3) is 0 Å². The molecule has 0 spiro atoms. The first-order valence-electron chi connectivity index (χ1n) is 11.5. The van der Waals surface area contributed by atoms with Gasteiger partial charge in [-0.1, -0.05) is 6.92 Å². The van der Waals surface area contributed by atoms with Gasteiger partial charge in [0, 0.05) is 31.5 Å². The second kappa shape index (κ2) is 10.7. The Bertz CT molecular complexity index is 1070. The van der Waals surface area contributed by atoms with Gasteiger partial charge in [-0.05, 0) is 73.3 Å². The van der Waals surface area contributed by atoms with Crippen LogP contribution in [0.5, 0.6) is 0 Å². The van der Waals surface area contributed by atoms with Crippen LogP contribution in [0.15, 0.2) is 35.1 Å². The van der Waals surface area contributed by atoms with Crippen LogP contribution >= 0.6 is 15.9 Å². The Hall–Kier alpha value is -2.57. The van der Waals surface area contributed by atoms with Gasteiger partial charge in [-0.25, -0.2) is 14.8 Å². The second-order valence-corrected chi connectivity index (χ2v) is 10.7. The molecule has 0 saturated carbocycles. The minimum atomic E-state index is -4.97. The summed E-state index contributed by atoms with van der Waals surface area (Å²) in [6.07, 6.45) is -6.64. The van der Waals surface area contributed by atoms with Crippen LogP contribution in [-0.2, 0) is 23.6 Å². The minimum Gasteiger partial charge on any atom is -0.444 e. The first-order chi connectivity index (χ1) is 17.0. The molecular weight excluding hydrogens is 570 g/mol. The van der Waals surface area contributed by atoms with Crippen LogP contribution in [-0.4, -0.2) is 45.2 Å². The smallest absolute Gasteiger partial charge is 0.416 e. The van der Waals surface area contributed by atoms with Gasteiger partial charge >= 0.3 is 18.4 Å². The van der Waals surface area contributed by atoms with Crippen molar-refractivity contribution < 1.29 is 35.9 Å². The quantitative estimate of drug-likeness (QED) is 0.345. The summed E-state index contributed by atoms with van der Waals surface area (Å²) in [5.41, 5.74) is -3.75. The number of aromatic nitrogens is 2. The summed E-state index contributed by atoms with van der Waals surface area (Å²) in [7, 11) is 0. The van der Waals surface area contributed by atoms with E-state index >= 15 is 0 Å². The summed E-state index contributed by atoms with van der Waals surface area (Å²) in [4.78, 5) is 24.4. The van der Waals surface area contributed by atoms with E-state index in [-0.39, 0.29) is 36.7 Å². The van der Waals surface area contributed by atoms with Gasteiger partial charge in [0.25, 0.3) is 0 Å². The highest BCUT2D eigenvalue weighted by molar-refractivity contribution is 9.10. The zero-order valence-electron chi connectivity index (χ0n) is 20.6. The highest BCUT2D eigenvalue weighted by atomic mass is 79.9. The van der Waals surface area contributed by atoms with E-state index < -0.39 is 41.2 Å². The number of nitrogens with zero attached hydrogens (tertiary/aromatic N) is 4. The number of carbonyl (C=O) groups excluding carboxylic acids is 1. The number of carbonyl (C=O) groups is 1. The molecule has 2 aromatic rings. The van der Waals surface area contributed by atoms with Crippen molar-refractivity contribution in [1.29, 1.82) is 0 Å². The zero-order valence-corrected chi connectivity index (χ0v) is 22.2. The van der Waals surface area contributed by atoms with E-state index in [4.69, 9.17) is 4.74 Å². The predicted molar refractivity (Wildman–Crippen MR) is 128 cm³/mol. The molecule has 1 aromatic carbocycles. The fourth-order valence-corrected chi connectivity index (χ4v) is 4.38. The second-order valence-electron chi connectivity index (χ2n) is 9.83. The fourth-order valence-electron chi connectivity index (χ4n) is 4.17. The number of hydrogen-bond donors (Lipinski definition) is 0. The van der Waals surface area contributed by atoms with Gasteiger partial charge in [-0.2, -0.15) is 26.3 Å². The Morgan fingerprint density at radius 2 is 1.59 bits per heavy atom. The summed E-state index contributed by atoms with van der Waals surface area (Å²) in [6, 6.07) is 0.752. The molecular formula is C24H27BrF6N4O2. The average Bonchev–Trinajstić information content (AvgIpc) is 3.20. The molecule has 204 valence electrons. The van der Waals surface area contributed by atoms with Crippen molar-refractivity contribution in [3.63, 3.8) is 0 Å². The Labute approximate surface area is 219 Å². The molecule has 1 aliphatic rings. The number of hydrogen-bond acceptors (Lipinski definition) is 5. The molecule has 0 bridgehead atoms. The number of halogens is 7. The lowest BCUT2D eigenvalue weighted by Gasteiger charge is -2.30. The Balaban J connectivity index is 2.01. The van der Waals surface area contributed by atoms with E-state index in [0.717, 1.165) is 0 Å². The molecule has 0 N–H and O–H groups in total. The fraction of sp³-hybridized carbons (Fsp3) is 0.542. The maximum Gasteiger partial charge on any atom is 0.416 e. The molecule has 2 atom stereocenters. The van der Waals surface area contributed by atoms with Crippen molar-refractivity contribution in [1.82, 2.24) is 14.9 Å². The highest BCUT2D eigenvalue weighted by Crippen LogP contribution is 2.37. The number of amides is 1. The van der Waals surface area contributed by atoms with Gasteiger partial charge in [-0.3, -0.25) is 0 Å². The molecule has 1 aliphatic heterocycles. The van der Waals surface area contributed by atoms with Crippen LogP contribution in [0.2, 0.25) is 0 Å². The summed E-state index contributed by atoms with van der Waals surface area (Å²) < 4.78 is 86.7. The lowest BCUT2D eigenvalue weighted by Crippen LogP contribution is -2.42. The van der Waals surface area contributed by atoms with Crippen molar-refractivity contribution in [3.8, 4) is 0 Å². The van der Waals surface area contributed by atoms with Crippen molar-refractivity contribution in [3.05, 3.63) is 51.8 Å². The molecule has 13 heteroatoms. The molecule has 1 saturated heterocycles. The SMILES string of the molecule is CCC1CC(N(Cc2cc(C(F)(F)F)cc(C(F)(F)F)c2)c2ncc(Br)cn2)CN1C(=O)OC(C)(C)C. The molecule has 0 radical (unpaired) electrons. The molecule has 6 nitrogen and oxygen atoms in total. The molecule has 2 unspecified atom stereocenters. The van der Waals surface area contributed by atoms with E-state index in [1.165, 1.54) is 22.2 Å². The van der Waals surface area contributed by atoms with Crippen LogP contribution in [0.1, 0.15) is 57.2 Å². The predicted octanol–water partition coefficient (Wildman–Crippen LogP) is 7.07. The maximum absolute atomic E-state index is 13.4. The van der Waals surface area contributed by atoms with Gasteiger partial charge in [0.2, 0.25) is 5.95 Å². The Morgan fingerprint density at radius 3 is 2.05 bits per heavy atom. The summed E-state index contributed by atoms with van der Waals surface area (Å²) in [6.45, 7) is 6.87. The molecule has 3 rings (SSSR count). The summed E-state index contributed by atoms with van der Waals surface area (Å²) in [5.74, 6) is 0.111. The van der Waals surface area contributed by atoms with Gasteiger partial charge in [0.05, 0.1) is 21.6 Å². The lowest BCUT2D eigenvalue weighted by molar-refractivity contribution is -0.143. The zero-order chi connectivity index (χ0) is 27.8. The third kappa shape index (κ3) is 7.48. The van der Waals surface area contributed by atoms with Gasteiger partial charge < -0.3 is 14.5 Å². The van der Waals surface area contributed by atoms with Crippen molar-refractivity contribution in [2.24, 2.45) is 0 Å². The number of ether oxygens (including phenoxy) is 1. The number of likely N-dealkylation sites (tertiary alicyclic amines) is 1. The van der Waals surface area contributed by atoms with Crippen LogP contribution in [0, 0.1) is 0 Å². The van der Waals surface area contributed by atoms with E-state index in [2.05, 4.69) is 25.9 Å². The average molecular weight is 597 g/mol. The van der Waals surface area contributed by atoms with E-state index in [1.807, 2.05) is 6.92 Å². The molecule has 1 amide bonds. The third-order valence-corrected chi connectivity index (χ3v) is 6.21. The highest BCUT2D eigenvalue weighted by Gasteiger charge is 2.41. The normalized spacial score (nSPS) is 18.7. The van der Waals surface area contributed by atoms with Crippen LogP contribution < -0.4 is 4.90 Å². The van der Waals surface area contributed by atoms with E-state index in [9.17, 15) is 31.1 Å². The molecule has 2 heterocycles. The Kier molecular flexibility index (Phi) is 8.35. The lowest BCUT2D eigenvalue weighted by atomic mass is 10.0. The van der Waals surface area contributed by atoms with Gasteiger partial charge in [-0.15, -0.1) is 0 Å². The maximum atomic E-state index is 13.4. The van der Waals surface area contributed by atoms with Crippen molar-refractivity contribution >= 4 is 28.0 Å². The monoisotopic (exact) mass is 596 g/mol. The molecule has 0 aliphatic carbocycles. The first kappa shape index (κ1) is 29.0. The van der Waals surface area contributed by atoms with E-state index in [0.29, 0.717) is 29.4 Å². The molecule has 1 aromatic heterocycles. The summed E-state index contributed by atoms with van der Waals surface area (Å²) >= 11 is 3.22. The van der Waals surface area contributed by atoms with Crippen molar-refractivity contribution in [2.45, 2.75) is 77.1 Å². The largest absolute Gasteiger partial charge is 0.444 e. The minimum absolute atomic E-state index is 0.0941. The number of benzene rings is 1. The first-order valence-corrected chi connectivity index (χ1v) is 12.3. The molecule has 1 fully saturated rings. The van der Waals surface area contributed by atoms with Gasteiger partial charge in [0.15, 0.2) is 0 Å². The standard InChI is InChI=1S/C24H27BrF6N4O2/c1-5-18-9-19(13-35(18)21(36)37-22(2,3)4)34(20-32-10-17(25)11-33-20)12-14-6-15(23(26,27)28)8-16(7-14)24(29,30)31/h6-8,10-11,18-19H,5,9,12-13H2,1-4H3. The molecule has 37 heavy (non-hydrogen) atoms. The van der Waals surface area contributed by atoms with Crippen LogP contribution in [0.3, 0.4) is 0 Å². The topological polar surface area (TPSA) is 58.6 Å². The number of anilines is 1. The van der Waals surface area contributed by atoms with Gasteiger partial charge in [0.1, 0.15) is 5.60 Å². The van der Waals surface area contributed by atoms with E-state index in [1.54, 1.807) is 20.8 Å². The third-order valence-electron chi connectivity index (χ3n) is 5.80. The van der Waals surface area contributed by atoms with Crippen LogP contribution in [0.4, 0.5) is 37.1 Å². The Morgan fingerprint density at radius 1 is 1.05 bits per heavy atom. The number of alkyl halides is 6. The van der Waals surface area contributed by atoms with Crippen molar-refractivity contribution in [2.75, 3.05) is 11.4 Å².